The first-order valence-electron chi connectivity index (χ1n) is 4.49. The smallest absolute Gasteiger partial charge is 0.0594 e. The van der Waals surface area contributed by atoms with E-state index in [1.807, 2.05) is 0 Å². The van der Waals surface area contributed by atoms with Crippen LogP contribution in [0.5, 0.6) is 0 Å². The monoisotopic (exact) mass is 174 g/mol. The molecule has 1 rings (SSSR count). The van der Waals surface area contributed by atoms with Gasteiger partial charge in [-0.05, 0) is 13.0 Å². The van der Waals surface area contributed by atoms with Crippen LogP contribution in [0.4, 0.5) is 0 Å². The fourth-order valence-corrected chi connectivity index (χ4v) is 1.35. The van der Waals surface area contributed by atoms with Crippen LogP contribution in [0, 0.1) is 0 Å². The molecule has 1 aliphatic heterocycles. The molecule has 0 radical (unpaired) electrons. The maximum atomic E-state index is 8.87. The predicted molar refractivity (Wildman–Crippen MR) is 46.3 cm³/mol. The number of hydrogen-bond acceptors (Lipinski definition) is 4. The third kappa shape index (κ3) is 4.01. The molecule has 12 heavy (non-hydrogen) atoms. The summed E-state index contributed by atoms with van der Waals surface area (Å²) in [5, 5.41) is 10.1. The predicted octanol–water partition coefficient (Wildman–Crippen LogP) is 0.0297. The molecule has 1 N–H and O–H groups in total. The van der Waals surface area contributed by atoms with E-state index in [4.69, 9.17) is 9.94 Å². The van der Waals surface area contributed by atoms with E-state index in [1.54, 1.807) is 7.05 Å². The second kappa shape index (κ2) is 5.48. The van der Waals surface area contributed by atoms with Gasteiger partial charge in [-0.2, -0.15) is 5.06 Å². The molecule has 0 aromatic carbocycles. The number of rotatable bonds is 4. The molecule has 0 amide bonds. The lowest BCUT2D eigenvalue weighted by atomic mass is 10.3. The quantitative estimate of drug-likeness (QED) is 0.610. The molecular weight excluding hydrogens is 156 g/mol. The molecule has 1 saturated heterocycles. The van der Waals surface area contributed by atoms with Crippen LogP contribution < -0.4 is 0 Å². The van der Waals surface area contributed by atoms with Crippen LogP contribution in [0.3, 0.4) is 0 Å². The third-order valence-corrected chi connectivity index (χ3v) is 2.06. The number of ether oxygens (including phenoxy) is 1. The van der Waals surface area contributed by atoms with Crippen molar-refractivity contribution in [2.24, 2.45) is 0 Å². The second-order valence-corrected chi connectivity index (χ2v) is 3.19. The number of morpholine rings is 1. The molecule has 0 aromatic rings. The Morgan fingerprint density at radius 3 is 2.67 bits per heavy atom. The maximum absolute atomic E-state index is 8.87. The van der Waals surface area contributed by atoms with Gasteiger partial charge in [0, 0.05) is 26.7 Å². The molecule has 0 saturated carbocycles. The highest BCUT2D eigenvalue weighted by molar-refractivity contribution is 4.61. The minimum Gasteiger partial charge on any atom is -0.379 e. The highest BCUT2D eigenvalue weighted by Crippen LogP contribution is 1.97. The maximum Gasteiger partial charge on any atom is 0.0594 e. The van der Waals surface area contributed by atoms with Gasteiger partial charge in [-0.3, -0.25) is 4.90 Å². The van der Waals surface area contributed by atoms with Gasteiger partial charge in [0.25, 0.3) is 0 Å². The van der Waals surface area contributed by atoms with Crippen LogP contribution in [0.25, 0.3) is 0 Å². The minimum atomic E-state index is 0.747. The van der Waals surface area contributed by atoms with E-state index in [-0.39, 0.29) is 0 Å². The average molecular weight is 174 g/mol. The molecule has 0 bridgehead atoms. The van der Waals surface area contributed by atoms with Crippen molar-refractivity contribution in [3.8, 4) is 0 Å². The first-order valence-corrected chi connectivity index (χ1v) is 4.49. The molecule has 0 unspecified atom stereocenters. The van der Waals surface area contributed by atoms with E-state index in [9.17, 15) is 0 Å². The molecule has 0 atom stereocenters. The summed E-state index contributed by atoms with van der Waals surface area (Å²) < 4.78 is 5.23. The molecule has 4 nitrogen and oxygen atoms in total. The van der Waals surface area contributed by atoms with Crippen molar-refractivity contribution in [2.75, 3.05) is 46.4 Å². The fourth-order valence-electron chi connectivity index (χ4n) is 1.35. The average Bonchev–Trinajstić information content (AvgIpc) is 2.05. The van der Waals surface area contributed by atoms with Crippen molar-refractivity contribution in [1.29, 1.82) is 0 Å². The Labute approximate surface area is 73.7 Å². The van der Waals surface area contributed by atoms with Gasteiger partial charge in [-0.15, -0.1) is 0 Å². The van der Waals surface area contributed by atoms with E-state index < -0.39 is 0 Å². The summed E-state index contributed by atoms with van der Waals surface area (Å²) in [6, 6.07) is 0. The molecule has 1 fully saturated rings. The van der Waals surface area contributed by atoms with Crippen molar-refractivity contribution in [2.45, 2.75) is 6.42 Å². The first kappa shape index (κ1) is 9.92. The zero-order valence-electron chi connectivity index (χ0n) is 7.70. The van der Waals surface area contributed by atoms with E-state index in [1.165, 1.54) is 5.06 Å². The molecule has 1 aliphatic rings. The third-order valence-electron chi connectivity index (χ3n) is 2.06. The lowest BCUT2D eigenvalue weighted by molar-refractivity contribution is -0.0677. The van der Waals surface area contributed by atoms with Crippen LogP contribution in [0.15, 0.2) is 0 Å². The van der Waals surface area contributed by atoms with E-state index >= 15 is 0 Å². The zero-order chi connectivity index (χ0) is 8.81. The Morgan fingerprint density at radius 1 is 1.42 bits per heavy atom. The van der Waals surface area contributed by atoms with Crippen LogP contribution >= 0.6 is 0 Å². The normalized spacial score (nSPS) is 20.2. The molecule has 4 heteroatoms. The number of hydroxylamine groups is 2. The van der Waals surface area contributed by atoms with Crippen LogP contribution in [0.2, 0.25) is 0 Å². The molecule has 0 aliphatic carbocycles. The first-order chi connectivity index (χ1) is 5.79. The summed E-state index contributed by atoms with van der Waals surface area (Å²) in [7, 11) is 1.68. The summed E-state index contributed by atoms with van der Waals surface area (Å²) in [5.41, 5.74) is 0. The zero-order valence-corrected chi connectivity index (χ0v) is 7.70. The standard InChI is InChI=1S/C8H18N2O2/c1-9(11)3-2-4-10-5-7-12-8-6-10/h11H,2-8H2,1H3. The van der Waals surface area contributed by atoms with Gasteiger partial charge in [0.1, 0.15) is 0 Å². The molecule has 0 aromatic heterocycles. The lowest BCUT2D eigenvalue weighted by Crippen LogP contribution is -2.37. The Bertz CT molecular complexity index is 114. The highest BCUT2D eigenvalue weighted by Gasteiger charge is 2.09. The SMILES string of the molecule is CN(O)CCCN1CCOCC1. The van der Waals surface area contributed by atoms with Gasteiger partial charge in [-0.25, -0.2) is 0 Å². The summed E-state index contributed by atoms with van der Waals surface area (Å²) in [5.74, 6) is 0. The van der Waals surface area contributed by atoms with Crippen molar-refractivity contribution in [3.05, 3.63) is 0 Å². The Morgan fingerprint density at radius 2 is 2.08 bits per heavy atom. The molecule has 72 valence electrons. The van der Waals surface area contributed by atoms with Gasteiger partial charge in [0.05, 0.1) is 13.2 Å². The van der Waals surface area contributed by atoms with Gasteiger partial charge in [-0.1, -0.05) is 0 Å². The fraction of sp³-hybridized carbons (Fsp3) is 1.00. The topological polar surface area (TPSA) is 35.9 Å². The van der Waals surface area contributed by atoms with Crippen molar-refractivity contribution in [1.82, 2.24) is 9.96 Å². The largest absolute Gasteiger partial charge is 0.379 e. The van der Waals surface area contributed by atoms with Crippen molar-refractivity contribution < 1.29 is 9.94 Å². The molecule has 0 spiro atoms. The summed E-state index contributed by atoms with van der Waals surface area (Å²) in [4.78, 5) is 2.37. The second-order valence-electron chi connectivity index (χ2n) is 3.19. The minimum absolute atomic E-state index is 0.747. The van der Waals surface area contributed by atoms with Crippen LogP contribution in [-0.2, 0) is 4.74 Å². The van der Waals surface area contributed by atoms with Crippen molar-refractivity contribution >= 4 is 0 Å². The van der Waals surface area contributed by atoms with Crippen LogP contribution in [0.1, 0.15) is 6.42 Å². The summed E-state index contributed by atoms with van der Waals surface area (Å²) in [6.07, 6.45) is 1.02. The van der Waals surface area contributed by atoms with E-state index in [0.29, 0.717) is 0 Å². The van der Waals surface area contributed by atoms with Gasteiger partial charge >= 0.3 is 0 Å². The Kier molecular flexibility index (Phi) is 4.53. The lowest BCUT2D eigenvalue weighted by Gasteiger charge is -2.26. The van der Waals surface area contributed by atoms with Gasteiger partial charge in [0.2, 0.25) is 0 Å². The summed E-state index contributed by atoms with van der Waals surface area (Å²) >= 11 is 0. The van der Waals surface area contributed by atoms with E-state index in [0.717, 1.165) is 45.8 Å². The number of nitrogens with zero attached hydrogens (tertiary/aromatic N) is 2. The Hall–Kier alpha value is -0.160. The van der Waals surface area contributed by atoms with E-state index in [2.05, 4.69) is 4.90 Å². The summed E-state index contributed by atoms with van der Waals surface area (Å²) in [6.45, 7) is 5.60. The Balaban J connectivity index is 1.98. The van der Waals surface area contributed by atoms with Gasteiger partial charge < -0.3 is 9.94 Å². The van der Waals surface area contributed by atoms with Crippen LogP contribution in [-0.4, -0.2) is 61.6 Å². The number of hydrogen-bond donors (Lipinski definition) is 1. The highest BCUT2D eigenvalue weighted by atomic mass is 16.5. The van der Waals surface area contributed by atoms with Gasteiger partial charge in [0.15, 0.2) is 0 Å². The van der Waals surface area contributed by atoms with Crippen molar-refractivity contribution in [3.63, 3.8) is 0 Å². The molecular formula is C8H18N2O2. The molecule has 1 heterocycles.